The lowest BCUT2D eigenvalue weighted by Crippen LogP contribution is -2.50. The van der Waals surface area contributed by atoms with Crippen molar-refractivity contribution in [2.75, 3.05) is 45.8 Å². The third kappa shape index (κ3) is 5.78. The maximum absolute atomic E-state index is 13.0. The summed E-state index contributed by atoms with van der Waals surface area (Å²) < 4.78 is 5.60. The van der Waals surface area contributed by atoms with Gasteiger partial charge in [-0.3, -0.25) is 9.69 Å². The highest BCUT2D eigenvalue weighted by Gasteiger charge is 2.28. The van der Waals surface area contributed by atoms with Gasteiger partial charge in [0.15, 0.2) is 0 Å². The van der Waals surface area contributed by atoms with Crippen LogP contribution < -0.4 is 10.9 Å². The standard InChI is InChI=1S/C22H33N3O3.2ClH/c1-16-13-19(18-7-4-8-23-14-18)28-22(27)20(16)21(26)25-11-9-24(10-12-25)15-17-5-2-3-6-17;;/h13,17-18,23H,2-12,14-15H2,1H3;2*1H. The first-order valence-electron chi connectivity index (χ1n) is 11.0. The number of aryl methyl sites for hydroxylation is 1. The van der Waals surface area contributed by atoms with Crippen molar-refractivity contribution in [3.8, 4) is 0 Å². The predicted molar refractivity (Wildman–Crippen MR) is 123 cm³/mol. The molecule has 3 heterocycles. The number of piperazine rings is 1. The van der Waals surface area contributed by atoms with Crippen molar-refractivity contribution in [1.82, 2.24) is 15.1 Å². The number of nitrogens with zero attached hydrogens (tertiary/aromatic N) is 2. The molecule has 8 heteroatoms. The number of hydrogen-bond acceptors (Lipinski definition) is 5. The smallest absolute Gasteiger partial charge is 0.349 e. The van der Waals surface area contributed by atoms with Crippen molar-refractivity contribution < 1.29 is 9.21 Å². The van der Waals surface area contributed by atoms with Gasteiger partial charge in [0.25, 0.3) is 5.91 Å². The topological polar surface area (TPSA) is 65.8 Å². The fraction of sp³-hybridized carbons (Fsp3) is 0.727. The van der Waals surface area contributed by atoms with Gasteiger partial charge in [0.1, 0.15) is 11.3 Å². The van der Waals surface area contributed by atoms with Crippen LogP contribution in [0.2, 0.25) is 0 Å². The van der Waals surface area contributed by atoms with Crippen LogP contribution in [-0.4, -0.2) is 61.5 Å². The summed E-state index contributed by atoms with van der Waals surface area (Å²) in [5.74, 6) is 1.61. The second kappa shape index (κ2) is 11.5. The van der Waals surface area contributed by atoms with Crippen molar-refractivity contribution in [2.24, 2.45) is 5.92 Å². The van der Waals surface area contributed by atoms with Gasteiger partial charge in [-0.1, -0.05) is 12.8 Å². The average molecular weight is 460 g/mol. The molecule has 0 aromatic carbocycles. The minimum Gasteiger partial charge on any atom is -0.427 e. The first-order chi connectivity index (χ1) is 13.6. The number of nitrogens with one attached hydrogen (secondary N) is 1. The zero-order valence-electron chi connectivity index (χ0n) is 17.9. The third-order valence-corrected chi connectivity index (χ3v) is 6.73. The second-order valence-corrected chi connectivity index (χ2v) is 8.78. The Kier molecular flexibility index (Phi) is 9.67. The molecule has 1 N–H and O–H groups in total. The van der Waals surface area contributed by atoms with E-state index in [4.69, 9.17) is 4.42 Å². The SMILES string of the molecule is Cc1cc(C2CCCNC2)oc(=O)c1C(=O)N1CCN(CC2CCCC2)CC1.Cl.Cl. The maximum Gasteiger partial charge on any atom is 0.349 e. The number of piperidine rings is 1. The summed E-state index contributed by atoms with van der Waals surface area (Å²) in [6, 6.07) is 1.91. The molecule has 0 spiro atoms. The van der Waals surface area contributed by atoms with Gasteiger partial charge in [0, 0.05) is 45.2 Å². The molecule has 1 amide bonds. The minimum absolute atomic E-state index is 0. The zero-order chi connectivity index (χ0) is 19.5. The van der Waals surface area contributed by atoms with E-state index in [1.165, 1.54) is 25.7 Å². The molecule has 3 fully saturated rings. The highest BCUT2D eigenvalue weighted by atomic mass is 35.5. The Morgan fingerprint density at radius 3 is 2.40 bits per heavy atom. The van der Waals surface area contributed by atoms with Gasteiger partial charge < -0.3 is 14.6 Å². The van der Waals surface area contributed by atoms with E-state index in [0.717, 1.165) is 57.0 Å². The Morgan fingerprint density at radius 1 is 1.10 bits per heavy atom. The molecule has 6 nitrogen and oxygen atoms in total. The first-order valence-corrected chi connectivity index (χ1v) is 11.0. The van der Waals surface area contributed by atoms with E-state index in [2.05, 4.69) is 10.2 Å². The monoisotopic (exact) mass is 459 g/mol. The molecular formula is C22H35Cl2N3O3. The van der Waals surface area contributed by atoms with Crippen LogP contribution in [0.3, 0.4) is 0 Å². The van der Waals surface area contributed by atoms with E-state index in [1.807, 2.05) is 17.9 Å². The van der Waals surface area contributed by atoms with Crippen LogP contribution in [0.1, 0.15) is 66.1 Å². The van der Waals surface area contributed by atoms with E-state index in [-0.39, 0.29) is 42.2 Å². The van der Waals surface area contributed by atoms with E-state index in [9.17, 15) is 9.59 Å². The van der Waals surface area contributed by atoms with Gasteiger partial charge in [-0.15, -0.1) is 24.8 Å². The molecular weight excluding hydrogens is 425 g/mol. The molecule has 170 valence electrons. The summed E-state index contributed by atoms with van der Waals surface area (Å²) in [6.07, 6.45) is 7.53. The van der Waals surface area contributed by atoms with E-state index in [0.29, 0.717) is 18.8 Å². The molecule has 1 aromatic rings. The minimum atomic E-state index is -0.473. The third-order valence-electron chi connectivity index (χ3n) is 6.73. The largest absolute Gasteiger partial charge is 0.427 e. The Morgan fingerprint density at radius 2 is 1.80 bits per heavy atom. The molecule has 3 aliphatic rings. The quantitative estimate of drug-likeness (QED) is 0.748. The van der Waals surface area contributed by atoms with Crippen LogP contribution in [0.5, 0.6) is 0 Å². The van der Waals surface area contributed by atoms with Crippen LogP contribution in [0, 0.1) is 12.8 Å². The van der Waals surface area contributed by atoms with Crippen molar-refractivity contribution >= 4 is 30.7 Å². The molecule has 0 bridgehead atoms. The van der Waals surface area contributed by atoms with Crippen LogP contribution in [0.25, 0.3) is 0 Å². The Labute approximate surface area is 191 Å². The van der Waals surface area contributed by atoms with Crippen LogP contribution in [0.4, 0.5) is 0 Å². The van der Waals surface area contributed by atoms with E-state index in [1.54, 1.807) is 0 Å². The van der Waals surface area contributed by atoms with Crippen molar-refractivity contribution in [2.45, 2.75) is 51.4 Å². The molecule has 2 aliphatic heterocycles. The molecule has 1 unspecified atom stereocenters. The molecule has 1 aromatic heterocycles. The first kappa shape index (κ1) is 25.2. The van der Waals surface area contributed by atoms with Gasteiger partial charge >= 0.3 is 5.63 Å². The van der Waals surface area contributed by atoms with Crippen molar-refractivity contribution in [3.05, 3.63) is 33.4 Å². The molecule has 1 saturated carbocycles. The lowest BCUT2D eigenvalue weighted by molar-refractivity contribution is 0.0612. The van der Waals surface area contributed by atoms with Crippen LogP contribution >= 0.6 is 24.8 Å². The number of hydrogen-bond donors (Lipinski definition) is 1. The summed E-state index contributed by atoms with van der Waals surface area (Å²) in [5, 5.41) is 3.35. The van der Waals surface area contributed by atoms with Gasteiger partial charge in [0.2, 0.25) is 0 Å². The van der Waals surface area contributed by atoms with Crippen LogP contribution in [-0.2, 0) is 0 Å². The summed E-state index contributed by atoms with van der Waals surface area (Å²) in [7, 11) is 0. The molecule has 1 aliphatic carbocycles. The molecule has 0 radical (unpaired) electrons. The molecule has 2 saturated heterocycles. The molecule has 1 atom stereocenters. The van der Waals surface area contributed by atoms with Gasteiger partial charge in [-0.05, 0) is 56.7 Å². The zero-order valence-corrected chi connectivity index (χ0v) is 19.5. The molecule has 4 rings (SSSR count). The summed E-state index contributed by atoms with van der Waals surface area (Å²) in [5.41, 5.74) is 0.492. The number of carbonyl (C=O) groups excluding carboxylic acids is 1. The van der Waals surface area contributed by atoms with Gasteiger partial charge in [-0.25, -0.2) is 4.79 Å². The summed E-state index contributed by atoms with van der Waals surface area (Å²) in [6.45, 7) is 8.06. The number of rotatable bonds is 4. The lowest BCUT2D eigenvalue weighted by atomic mass is 9.95. The summed E-state index contributed by atoms with van der Waals surface area (Å²) >= 11 is 0. The number of amides is 1. The fourth-order valence-electron chi connectivity index (χ4n) is 5.04. The second-order valence-electron chi connectivity index (χ2n) is 8.78. The van der Waals surface area contributed by atoms with Crippen molar-refractivity contribution in [3.63, 3.8) is 0 Å². The highest BCUT2D eigenvalue weighted by Crippen LogP contribution is 2.26. The average Bonchev–Trinajstić information content (AvgIpc) is 3.21. The number of carbonyl (C=O) groups is 1. The van der Waals surface area contributed by atoms with E-state index < -0.39 is 5.63 Å². The molecule has 30 heavy (non-hydrogen) atoms. The van der Waals surface area contributed by atoms with Gasteiger partial charge in [0.05, 0.1) is 0 Å². The highest BCUT2D eigenvalue weighted by molar-refractivity contribution is 5.95. The number of halogens is 2. The predicted octanol–water partition coefficient (Wildman–Crippen LogP) is 3.21. The Bertz CT molecular complexity index is 750. The van der Waals surface area contributed by atoms with Crippen molar-refractivity contribution in [1.29, 1.82) is 0 Å². The maximum atomic E-state index is 13.0. The summed E-state index contributed by atoms with van der Waals surface area (Å²) in [4.78, 5) is 30.0. The van der Waals surface area contributed by atoms with Crippen LogP contribution in [0.15, 0.2) is 15.3 Å². The lowest BCUT2D eigenvalue weighted by Gasteiger charge is -2.36. The van der Waals surface area contributed by atoms with E-state index >= 15 is 0 Å². The Balaban J connectivity index is 0.00000160. The van der Waals surface area contributed by atoms with Gasteiger partial charge in [-0.2, -0.15) is 0 Å². The normalized spacial score (nSPS) is 23.0. The Hall–Kier alpha value is -1.08. The fourth-order valence-corrected chi connectivity index (χ4v) is 5.04.